The van der Waals surface area contributed by atoms with Crippen molar-refractivity contribution >= 4 is 17.8 Å². The van der Waals surface area contributed by atoms with Crippen LogP contribution in [0.2, 0.25) is 0 Å². The number of rotatable bonds is 3. The quantitative estimate of drug-likeness (QED) is 0.768. The number of imide groups is 1. The van der Waals surface area contributed by atoms with Gasteiger partial charge >= 0.3 is 6.03 Å². The normalized spacial score (nSPS) is 38.8. The molecule has 4 amide bonds. The Hall–Kier alpha value is -1.59. The number of nitrogens with one attached hydrogen (secondary N) is 2. The Balaban J connectivity index is 1.59. The first-order chi connectivity index (χ1) is 11.8. The van der Waals surface area contributed by atoms with Gasteiger partial charge in [-0.1, -0.05) is 33.6 Å². The van der Waals surface area contributed by atoms with Gasteiger partial charge in [0.25, 0.3) is 5.91 Å². The molecular weight excluding hydrogens is 318 g/mol. The Morgan fingerprint density at radius 2 is 1.84 bits per heavy atom. The molecule has 1 saturated heterocycles. The van der Waals surface area contributed by atoms with Gasteiger partial charge in [-0.2, -0.15) is 0 Å². The molecule has 0 bridgehead atoms. The molecule has 25 heavy (non-hydrogen) atoms. The van der Waals surface area contributed by atoms with Gasteiger partial charge in [-0.15, -0.1) is 0 Å². The monoisotopic (exact) mass is 349 g/mol. The van der Waals surface area contributed by atoms with Gasteiger partial charge in [0.2, 0.25) is 5.91 Å². The number of carbonyl (C=O) groups is 3. The molecule has 2 saturated carbocycles. The first-order valence-corrected chi connectivity index (χ1v) is 9.76. The largest absolute Gasteiger partial charge is 0.352 e. The third kappa shape index (κ3) is 3.53. The lowest BCUT2D eigenvalue weighted by Gasteiger charge is -2.35. The summed E-state index contributed by atoms with van der Waals surface area (Å²) in [4.78, 5) is 38.7. The zero-order chi connectivity index (χ0) is 18.2. The molecule has 0 aromatic carbocycles. The zero-order valence-corrected chi connectivity index (χ0v) is 15.6. The summed E-state index contributed by atoms with van der Waals surface area (Å²) in [7, 11) is 0. The lowest BCUT2D eigenvalue weighted by molar-refractivity contribution is -0.136. The Morgan fingerprint density at radius 1 is 1.16 bits per heavy atom. The second kappa shape index (κ2) is 6.96. The van der Waals surface area contributed by atoms with Gasteiger partial charge in [0.05, 0.1) is 0 Å². The standard InChI is InChI=1S/C19H31N3O3/c1-12-7-9-19(10-8-12)17(24)22(18(25)21-19)11-16(23)20-15-6-4-5-13(2)14(15)3/h12-15H,4-11H2,1-3H3,(H,20,23)(H,21,25)/t12?,13-,14-,15-,19?/m0/s1. The van der Waals surface area contributed by atoms with E-state index in [1.807, 2.05) is 0 Å². The molecule has 3 atom stereocenters. The first-order valence-electron chi connectivity index (χ1n) is 9.76. The number of hydrogen-bond donors (Lipinski definition) is 2. The lowest BCUT2D eigenvalue weighted by atomic mass is 9.77. The van der Waals surface area contributed by atoms with E-state index in [0.717, 1.165) is 30.6 Å². The van der Waals surface area contributed by atoms with Crippen LogP contribution in [0.3, 0.4) is 0 Å². The van der Waals surface area contributed by atoms with Crippen LogP contribution in [0, 0.1) is 17.8 Å². The Morgan fingerprint density at radius 3 is 2.52 bits per heavy atom. The number of carbonyl (C=O) groups excluding carboxylic acids is 3. The van der Waals surface area contributed by atoms with Gasteiger partial charge in [0.1, 0.15) is 12.1 Å². The van der Waals surface area contributed by atoms with Crippen molar-refractivity contribution in [3.63, 3.8) is 0 Å². The molecule has 0 aromatic rings. The first kappa shape index (κ1) is 18.2. The average Bonchev–Trinajstić information content (AvgIpc) is 2.79. The van der Waals surface area contributed by atoms with Crippen LogP contribution >= 0.6 is 0 Å². The van der Waals surface area contributed by atoms with Gasteiger partial charge < -0.3 is 10.6 Å². The minimum atomic E-state index is -0.767. The van der Waals surface area contributed by atoms with Crippen LogP contribution in [0.15, 0.2) is 0 Å². The highest BCUT2D eigenvalue weighted by Gasteiger charge is 2.52. The van der Waals surface area contributed by atoms with Crippen LogP contribution in [0.5, 0.6) is 0 Å². The van der Waals surface area contributed by atoms with Crippen molar-refractivity contribution in [3.8, 4) is 0 Å². The van der Waals surface area contributed by atoms with Crippen molar-refractivity contribution in [1.29, 1.82) is 0 Å². The maximum absolute atomic E-state index is 12.8. The minimum absolute atomic E-state index is 0.140. The Kier molecular flexibility index (Phi) is 5.07. The van der Waals surface area contributed by atoms with Gasteiger partial charge in [-0.05, 0) is 49.9 Å². The molecule has 1 aliphatic heterocycles. The summed E-state index contributed by atoms with van der Waals surface area (Å²) in [5.74, 6) is 1.15. The molecule has 3 aliphatic rings. The summed E-state index contributed by atoms with van der Waals surface area (Å²) in [6, 6.07) is -0.277. The SMILES string of the molecule is CC1CCC2(CC1)NC(=O)N(CC(=O)N[C@H]1CCC[C@H](C)[C@@H]1C)C2=O. The maximum atomic E-state index is 12.8. The molecule has 0 radical (unpaired) electrons. The van der Waals surface area contributed by atoms with Crippen molar-refractivity contribution in [1.82, 2.24) is 15.5 Å². The van der Waals surface area contributed by atoms with E-state index in [4.69, 9.17) is 0 Å². The van der Waals surface area contributed by atoms with Crippen molar-refractivity contribution < 1.29 is 14.4 Å². The van der Waals surface area contributed by atoms with Crippen LogP contribution in [0.1, 0.15) is 65.7 Å². The summed E-state index contributed by atoms with van der Waals surface area (Å²) < 4.78 is 0. The summed E-state index contributed by atoms with van der Waals surface area (Å²) in [6.07, 6.45) is 6.50. The van der Waals surface area contributed by atoms with Crippen molar-refractivity contribution in [3.05, 3.63) is 0 Å². The predicted octanol–water partition coefficient (Wildman–Crippen LogP) is 2.43. The van der Waals surface area contributed by atoms with E-state index < -0.39 is 11.6 Å². The summed E-state index contributed by atoms with van der Waals surface area (Å²) in [5.41, 5.74) is -0.767. The highest BCUT2D eigenvalue weighted by atomic mass is 16.2. The highest BCUT2D eigenvalue weighted by molar-refractivity contribution is 6.09. The average molecular weight is 349 g/mol. The molecule has 140 valence electrons. The van der Waals surface area contributed by atoms with Crippen molar-refractivity contribution in [2.24, 2.45) is 17.8 Å². The Labute approximate surface area is 150 Å². The summed E-state index contributed by atoms with van der Waals surface area (Å²) in [5, 5.41) is 5.92. The second-order valence-electron chi connectivity index (χ2n) is 8.53. The van der Waals surface area contributed by atoms with E-state index >= 15 is 0 Å². The van der Waals surface area contributed by atoms with E-state index in [-0.39, 0.29) is 24.4 Å². The number of urea groups is 1. The second-order valence-corrected chi connectivity index (χ2v) is 8.53. The van der Waals surface area contributed by atoms with E-state index in [1.165, 1.54) is 6.42 Å². The van der Waals surface area contributed by atoms with Crippen LogP contribution in [-0.4, -0.2) is 40.9 Å². The molecule has 6 nitrogen and oxygen atoms in total. The number of amides is 4. The molecule has 2 N–H and O–H groups in total. The molecule has 1 spiro atoms. The maximum Gasteiger partial charge on any atom is 0.325 e. The summed E-state index contributed by atoms with van der Waals surface area (Å²) >= 11 is 0. The molecule has 0 aromatic heterocycles. The molecule has 0 unspecified atom stereocenters. The fourth-order valence-electron chi connectivity index (χ4n) is 4.60. The minimum Gasteiger partial charge on any atom is -0.352 e. The molecule has 6 heteroatoms. The van der Waals surface area contributed by atoms with E-state index in [0.29, 0.717) is 30.6 Å². The van der Waals surface area contributed by atoms with Crippen LogP contribution in [0.25, 0.3) is 0 Å². The molecule has 2 aliphatic carbocycles. The van der Waals surface area contributed by atoms with Gasteiger partial charge in [0.15, 0.2) is 0 Å². The highest BCUT2D eigenvalue weighted by Crippen LogP contribution is 2.36. The zero-order valence-electron chi connectivity index (χ0n) is 15.6. The fourth-order valence-corrected chi connectivity index (χ4v) is 4.60. The van der Waals surface area contributed by atoms with Crippen LogP contribution in [0.4, 0.5) is 4.79 Å². The van der Waals surface area contributed by atoms with Gasteiger partial charge in [-0.3, -0.25) is 14.5 Å². The Bertz CT molecular complexity index is 554. The van der Waals surface area contributed by atoms with Crippen molar-refractivity contribution in [2.75, 3.05) is 6.54 Å². The smallest absolute Gasteiger partial charge is 0.325 e. The van der Waals surface area contributed by atoms with E-state index in [9.17, 15) is 14.4 Å². The molecule has 1 heterocycles. The van der Waals surface area contributed by atoms with Crippen LogP contribution in [-0.2, 0) is 9.59 Å². The van der Waals surface area contributed by atoms with Crippen molar-refractivity contribution in [2.45, 2.75) is 77.3 Å². The van der Waals surface area contributed by atoms with Gasteiger partial charge in [-0.25, -0.2) is 4.79 Å². The lowest BCUT2D eigenvalue weighted by Crippen LogP contribution is -2.51. The molecular formula is C19H31N3O3. The van der Waals surface area contributed by atoms with Gasteiger partial charge in [0, 0.05) is 6.04 Å². The number of nitrogens with zero attached hydrogens (tertiary/aromatic N) is 1. The molecule has 3 fully saturated rings. The fraction of sp³-hybridized carbons (Fsp3) is 0.842. The number of hydrogen-bond acceptors (Lipinski definition) is 3. The topological polar surface area (TPSA) is 78.5 Å². The van der Waals surface area contributed by atoms with E-state index in [1.54, 1.807) is 0 Å². The summed E-state index contributed by atoms with van der Waals surface area (Å²) in [6.45, 7) is 6.39. The third-order valence-corrected chi connectivity index (χ3v) is 6.73. The third-order valence-electron chi connectivity index (χ3n) is 6.73. The van der Waals surface area contributed by atoms with E-state index in [2.05, 4.69) is 31.4 Å². The van der Waals surface area contributed by atoms with Crippen LogP contribution < -0.4 is 10.6 Å². The molecule has 3 rings (SSSR count). The predicted molar refractivity (Wildman–Crippen MR) is 94.7 cm³/mol.